The van der Waals surface area contributed by atoms with Crippen LogP contribution >= 0.6 is 0 Å². The largest absolute Gasteiger partial charge is 0.488 e. The number of hydrogen-bond acceptors (Lipinski definition) is 6. The summed E-state index contributed by atoms with van der Waals surface area (Å²) in [5.74, 6) is 0.207. The summed E-state index contributed by atoms with van der Waals surface area (Å²) in [4.78, 5) is 23.5. The Morgan fingerprint density at radius 3 is 2.81 bits per heavy atom. The number of allylic oxidation sites excluding steroid dienone is 4. The van der Waals surface area contributed by atoms with Crippen LogP contribution in [0, 0.1) is 11.3 Å². The molecule has 0 aliphatic carbocycles. The number of hydrogen-bond donors (Lipinski definition) is 0. The van der Waals surface area contributed by atoms with Gasteiger partial charge in [-0.25, -0.2) is 14.6 Å². The topological polar surface area (TPSA) is 96.9 Å². The maximum absolute atomic E-state index is 13.4. The normalized spacial score (nSPS) is 14.8. The van der Waals surface area contributed by atoms with Gasteiger partial charge in [0.2, 0.25) is 0 Å². The summed E-state index contributed by atoms with van der Waals surface area (Å²) in [7, 11) is 0. The Labute approximate surface area is 204 Å². The zero-order chi connectivity index (χ0) is 26.0. The lowest BCUT2D eigenvalue weighted by atomic mass is 10.1. The Hall–Kier alpha value is -4.46. The lowest BCUT2D eigenvalue weighted by Gasteiger charge is -2.24. The van der Waals surface area contributed by atoms with Crippen LogP contribution in [0.15, 0.2) is 60.6 Å². The number of halogens is 3. The molecule has 0 atom stereocenters. The number of rotatable bonds is 5. The highest BCUT2D eigenvalue weighted by Crippen LogP contribution is 2.31. The highest BCUT2D eigenvalue weighted by atomic mass is 19.4. The van der Waals surface area contributed by atoms with Crippen LogP contribution in [0.3, 0.4) is 0 Å². The van der Waals surface area contributed by atoms with Gasteiger partial charge < -0.3 is 9.64 Å². The van der Waals surface area contributed by atoms with Gasteiger partial charge in [-0.05, 0) is 43.7 Å². The van der Waals surface area contributed by atoms with Crippen molar-refractivity contribution in [2.45, 2.75) is 26.6 Å². The van der Waals surface area contributed by atoms with Crippen molar-refractivity contribution in [1.29, 1.82) is 5.26 Å². The second kappa shape index (κ2) is 9.65. The van der Waals surface area contributed by atoms with E-state index in [-0.39, 0.29) is 42.5 Å². The van der Waals surface area contributed by atoms with Crippen LogP contribution in [0.2, 0.25) is 0 Å². The quantitative estimate of drug-likeness (QED) is 0.474. The molecule has 8 nitrogen and oxygen atoms in total. The molecule has 0 unspecified atom stereocenters. The zero-order valence-corrected chi connectivity index (χ0v) is 19.5. The number of carbonyl (C=O) groups excluding carboxylic acids is 1. The molecule has 3 heterocycles. The fourth-order valence-corrected chi connectivity index (χ4v) is 3.94. The summed E-state index contributed by atoms with van der Waals surface area (Å²) in [5, 5.41) is 13.4. The van der Waals surface area contributed by atoms with E-state index in [2.05, 4.69) is 21.6 Å². The van der Waals surface area contributed by atoms with Gasteiger partial charge in [0.15, 0.2) is 17.3 Å². The molecular formula is C25H21F3N6O2. The standard InChI is InChI=1S/C25H21F3N6O2/c1-4-20(33-9-10-36-21-14-31-34(8-7-29)22(21)24(33)35)15(2)11-16(3)23-30-13-17-12-18(25(26,27)28)5-6-19(17)32-23/h4-6,11-14H,3,8-10H2,1-2H3/b15-11-,20-4+. The summed E-state index contributed by atoms with van der Waals surface area (Å²) in [6.45, 7) is 7.99. The van der Waals surface area contributed by atoms with Crippen LogP contribution in [0.25, 0.3) is 16.5 Å². The molecule has 36 heavy (non-hydrogen) atoms. The first-order chi connectivity index (χ1) is 17.1. The molecule has 0 saturated heterocycles. The molecule has 0 radical (unpaired) electrons. The van der Waals surface area contributed by atoms with Crippen LogP contribution in [-0.4, -0.2) is 43.7 Å². The number of amides is 1. The fourth-order valence-electron chi connectivity index (χ4n) is 3.94. The van der Waals surface area contributed by atoms with Crippen molar-refractivity contribution in [2.75, 3.05) is 13.2 Å². The zero-order valence-electron chi connectivity index (χ0n) is 19.5. The van der Waals surface area contributed by atoms with E-state index in [1.54, 1.807) is 30.9 Å². The highest BCUT2D eigenvalue weighted by Gasteiger charge is 2.31. The number of fused-ring (bicyclic) bond motifs is 2. The number of nitriles is 1. The molecule has 0 bridgehead atoms. The van der Waals surface area contributed by atoms with E-state index in [0.29, 0.717) is 28.1 Å². The summed E-state index contributed by atoms with van der Waals surface area (Å²) < 4.78 is 45.9. The van der Waals surface area contributed by atoms with E-state index in [0.717, 1.165) is 12.1 Å². The van der Waals surface area contributed by atoms with Gasteiger partial charge >= 0.3 is 6.18 Å². The molecule has 4 rings (SSSR count). The third-order valence-electron chi connectivity index (χ3n) is 5.60. The van der Waals surface area contributed by atoms with Crippen LogP contribution in [0.4, 0.5) is 13.2 Å². The smallest absolute Gasteiger partial charge is 0.416 e. The van der Waals surface area contributed by atoms with E-state index >= 15 is 0 Å². The van der Waals surface area contributed by atoms with Crippen LogP contribution in [0.5, 0.6) is 5.75 Å². The molecule has 0 N–H and O–H groups in total. The number of alkyl halides is 3. The lowest BCUT2D eigenvalue weighted by Crippen LogP contribution is -2.33. The minimum atomic E-state index is -4.46. The van der Waals surface area contributed by atoms with Gasteiger partial charge in [-0.15, -0.1) is 0 Å². The van der Waals surface area contributed by atoms with Gasteiger partial charge in [0.25, 0.3) is 5.91 Å². The van der Waals surface area contributed by atoms with Gasteiger partial charge in [-0.3, -0.25) is 4.79 Å². The Kier molecular flexibility index (Phi) is 6.61. The van der Waals surface area contributed by atoms with E-state index in [4.69, 9.17) is 10.00 Å². The predicted molar refractivity (Wildman–Crippen MR) is 125 cm³/mol. The molecule has 1 aliphatic heterocycles. The molecule has 1 aromatic carbocycles. The molecule has 0 fully saturated rings. The number of ether oxygens (including phenoxy) is 1. The monoisotopic (exact) mass is 494 g/mol. The Balaban J connectivity index is 1.62. The third kappa shape index (κ3) is 4.70. The van der Waals surface area contributed by atoms with Crippen molar-refractivity contribution >= 4 is 22.4 Å². The van der Waals surface area contributed by atoms with Crippen molar-refractivity contribution in [3.05, 3.63) is 77.7 Å². The number of carbonyl (C=O) groups is 1. The number of benzene rings is 1. The number of nitrogens with zero attached hydrogens (tertiary/aromatic N) is 6. The van der Waals surface area contributed by atoms with Gasteiger partial charge in [-0.1, -0.05) is 12.7 Å². The first-order valence-corrected chi connectivity index (χ1v) is 10.9. The van der Waals surface area contributed by atoms with E-state index in [9.17, 15) is 18.0 Å². The summed E-state index contributed by atoms with van der Waals surface area (Å²) in [6, 6.07) is 5.24. The Bertz CT molecular complexity index is 1460. The highest BCUT2D eigenvalue weighted by molar-refractivity contribution is 5.97. The Morgan fingerprint density at radius 1 is 1.33 bits per heavy atom. The average Bonchev–Trinajstić information content (AvgIpc) is 3.16. The minimum Gasteiger partial charge on any atom is -0.488 e. The SMILES string of the molecule is C=C(/C=C(C)\C(=C/C)N1CCOc2cnn(CC#N)c2C1=O)c1ncc2cc(C(F)(F)F)ccc2n1. The average molecular weight is 494 g/mol. The molecule has 1 aliphatic rings. The summed E-state index contributed by atoms with van der Waals surface area (Å²) >= 11 is 0. The van der Waals surface area contributed by atoms with Crippen LogP contribution in [-0.2, 0) is 12.7 Å². The molecule has 2 aromatic heterocycles. The fraction of sp³-hybridized carbons (Fsp3) is 0.240. The van der Waals surface area contributed by atoms with Gasteiger partial charge in [0, 0.05) is 22.9 Å². The van der Waals surface area contributed by atoms with Crippen LogP contribution < -0.4 is 4.74 Å². The molecule has 0 saturated carbocycles. The lowest BCUT2D eigenvalue weighted by molar-refractivity contribution is -0.137. The van der Waals surface area contributed by atoms with Gasteiger partial charge in [0.05, 0.1) is 29.9 Å². The summed E-state index contributed by atoms with van der Waals surface area (Å²) in [5.41, 5.74) is 1.46. The first kappa shape index (κ1) is 24.7. The molecule has 1 amide bonds. The maximum Gasteiger partial charge on any atom is 0.416 e. The van der Waals surface area contributed by atoms with Crippen molar-refractivity contribution in [3.63, 3.8) is 0 Å². The molecule has 3 aromatic rings. The van der Waals surface area contributed by atoms with Crippen molar-refractivity contribution in [1.82, 2.24) is 24.6 Å². The van der Waals surface area contributed by atoms with Gasteiger partial charge in [0.1, 0.15) is 13.2 Å². The molecule has 11 heteroatoms. The molecule has 0 spiro atoms. The third-order valence-corrected chi connectivity index (χ3v) is 5.60. The van der Waals surface area contributed by atoms with E-state index in [1.807, 2.05) is 6.07 Å². The van der Waals surface area contributed by atoms with Crippen molar-refractivity contribution in [3.8, 4) is 11.8 Å². The number of aromatic nitrogens is 4. The first-order valence-electron chi connectivity index (χ1n) is 10.9. The molecular weight excluding hydrogens is 473 g/mol. The van der Waals surface area contributed by atoms with Crippen molar-refractivity contribution < 1.29 is 22.7 Å². The summed E-state index contributed by atoms with van der Waals surface area (Å²) in [6.07, 6.45) is 1.76. The molecule has 184 valence electrons. The van der Waals surface area contributed by atoms with Gasteiger partial charge in [-0.2, -0.15) is 23.5 Å². The Morgan fingerprint density at radius 2 is 2.11 bits per heavy atom. The maximum atomic E-state index is 13.4. The minimum absolute atomic E-state index is 0.0984. The predicted octanol–water partition coefficient (Wildman–Crippen LogP) is 4.77. The van der Waals surface area contributed by atoms with Crippen molar-refractivity contribution in [2.24, 2.45) is 0 Å². The van der Waals surface area contributed by atoms with E-state index in [1.165, 1.54) is 23.1 Å². The second-order valence-corrected chi connectivity index (χ2v) is 7.97. The second-order valence-electron chi connectivity index (χ2n) is 7.97. The van der Waals surface area contributed by atoms with Crippen LogP contribution in [0.1, 0.15) is 35.7 Å². The van der Waals surface area contributed by atoms with E-state index < -0.39 is 11.7 Å².